The van der Waals surface area contributed by atoms with Gasteiger partial charge in [-0.1, -0.05) is 6.92 Å². The molecule has 0 saturated carbocycles. The van der Waals surface area contributed by atoms with Crippen molar-refractivity contribution in [3.63, 3.8) is 0 Å². The summed E-state index contributed by atoms with van der Waals surface area (Å²) in [5.74, 6) is 1.30. The number of aromatic nitrogens is 4. The maximum atomic E-state index is 6.07. The second kappa shape index (κ2) is 5.50. The summed E-state index contributed by atoms with van der Waals surface area (Å²) in [6, 6.07) is 2.06. The normalized spacial score (nSPS) is 11.6. The highest BCUT2D eigenvalue weighted by molar-refractivity contribution is 9.10. The minimum Gasteiger partial charge on any atom is -0.307 e. The molecule has 4 nitrogen and oxygen atoms in total. The molecule has 3 rings (SSSR count). The lowest BCUT2D eigenvalue weighted by atomic mass is 10.3. The summed E-state index contributed by atoms with van der Waals surface area (Å²) in [4.78, 5) is 5.93. The number of aryl methyl sites for hydroxylation is 2. The van der Waals surface area contributed by atoms with Crippen molar-refractivity contribution in [2.45, 2.75) is 25.8 Å². The minimum atomic E-state index is 0.404. The lowest BCUT2D eigenvalue weighted by Crippen LogP contribution is -2.07. The Balaban J connectivity index is 2.17. The Morgan fingerprint density at radius 3 is 2.85 bits per heavy atom. The Morgan fingerprint density at radius 2 is 2.25 bits per heavy atom. The number of rotatable bonds is 4. The number of nitrogens with zero attached hydrogens (tertiary/aromatic N) is 4. The molecular weight excluding hydrogens is 360 g/mol. The van der Waals surface area contributed by atoms with Gasteiger partial charge in [0.05, 0.1) is 18.1 Å². The first kappa shape index (κ1) is 14.1. The van der Waals surface area contributed by atoms with Gasteiger partial charge < -0.3 is 4.57 Å². The number of halogens is 2. The van der Waals surface area contributed by atoms with Crippen molar-refractivity contribution in [3.8, 4) is 0 Å². The lowest BCUT2D eigenvalue weighted by Gasteiger charge is -2.07. The molecule has 0 aromatic carbocycles. The molecule has 0 amide bonds. The summed E-state index contributed by atoms with van der Waals surface area (Å²) >= 11 is 11.4. The monoisotopic (exact) mass is 372 g/mol. The van der Waals surface area contributed by atoms with Crippen LogP contribution in [0.4, 0.5) is 0 Å². The Hall–Kier alpha value is -0.850. The van der Waals surface area contributed by atoms with Crippen LogP contribution < -0.4 is 0 Å². The maximum absolute atomic E-state index is 6.07. The van der Waals surface area contributed by atoms with Crippen molar-refractivity contribution in [1.29, 1.82) is 0 Å². The zero-order valence-corrected chi connectivity index (χ0v) is 14.4. The molecule has 0 bridgehead atoms. The van der Waals surface area contributed by atoms with Crippen molar-refractivity contribution in [2.24, 2.45) is 7.05 Å². The van der Waals surface area contributed by atoms with E-state index in [2.05, 4.69) is 48.9 Å². The smallest absolute Gasteiger partial charge is 0.159 e. The van der Waals surface area contributed by atoms with Gasteiger partial charge >= 0.3 is 0 Å². The fourth-order valence-electron chi connectivity index (χ4n) is 2.37. The third-order valence-corrected chi connectivity index (χ3v) is 5.47. The molecule has 7 heteroatoms. The summed E-state index contributed by atoms with van der Waals surface area (Å²) in [5.41, 5.74) is 3.04. The molecule has 20 heavy (non-hydrogen) atoms. The fraction of sp³-hybridized carbons (Fsp3) is 0.385. The van der Waals surface area contributed by atoms with Crippen LogP contribution in [0.15, 0.2) is 15.9 Å². The molecule has 0 atom stereocenters. The molecule has 0 unspecified atom stereocenters. The topological polar surface area (TPSA) is 35.6 Å². The van der Waals surface area contributed by atoms with Crippen molar-refractivity contribution in [1.82, 2.24) is 19.3 Å². The minimum absolute atomic E-state index is 0.404. The van der Waals surface area contributed by atoms with Crippen LogP contribution in [0.1, 0.15) is 23.3 Å². The van der Waals surface area contributed by atoms with Crippen LogP contribution in [0.5, 0.6) is 0 Å². The number of fused-ring (bicyclic) bond motifs is 1. The van der Waals surface area contributed by atoms with Gasteiger partial charge in [0.1, 0.15) is 11.3 Å². The van der Waals surface area contributed by atoms with Crippen LogP contribution in [0.3, 0.4) is 0 Å². The van der Waals surface area contributed by atoms with Gasteiger partial charge in [-0.3, -0.25) is 4.68 Å². The Kier molecular flexibility index (Phi) is 3.88. The van der Waals surface area contributed by atoms with Gasteiger partial charge in [0.15, 0.2) is 5.65 Å². The molecular formula is C13H14BrClN4S. The first-order valence-electron chi connectivity index (χ1n) is 6.34. The summed E-state index contributed by atoms with van der Waals surface area (Å²) in [5, 5.41) is 6.62. The van der Waals surface area contributed by atoms with Gasteiger partial charge in [-0.2, -0.15) is 5.10 Å². The zero-order chi connectivity index (χ0) is 14.3. The van der Waals surface area contributed by atoms with Crippen LogP contribution in [-0.4, -0.2) is 19.3 Å². The SMILES string of the molecule is CCc1nn(C)c2c1nc(CCl)n2Cc1sccc1Br. The van der Waals surface area contributed by atoms with E-state index in [0.29, 0.717) is 5.88 Å². The molecule has 0 spiro atoms. The largest absolute Gasteiger partial charge is 0.307 e. The number of hydrogen-bond donors (Lipinski definition) is 0. The van der Waals surface area contributed by atoms with E-state index in [1.54, 1.807) is 11.3 Å². The van der Waals surface area contributed by atoms with Gasteiger partial charge in [0.2, 0.25) is 0 Å². The first-order valence-corrected chi connectivity index (χ1v) is 8.55. The molecule has 0 aliphatic carbocycles. The second-order valence-corrected chi connectivity index (χ2v) is 6.66. The molecule has 0 radical (unpaired) electrons. The van der Waals surface area contributed by atoms with Crippen LogP contribution in [0.25, 0.3) is 11.2 Å². The van der Waals surface area contributed by atoms with Crippen LogP contribution in [0.2, 0.25) is 0 Å². The maximum Gasteiger partial charge on any atom is 0.159 e. The highest BCUT2D eigenvalue weighted by atomic mass is 79.9. The summed E-state index contributed by atoms with van der Waals surface area (Å²) in [6.45, 7) is 2.86. The summed E-state index contributed by atoms with van der Waals surface area (Å²) in [6.07, 6.45) is 0.874. The lowest BCUT2D eigenvalue weighted by molar-refractivity contribution is 0.701. The Bertz CT molecular complexity index is 758. The molecule has 0 saturated heterocycles. The molecule has 3 heterocycles. The highest BCUT2D eigenvalue weighted by Gasteiger charge is 2.18. The van der Waals surface area contributed by atoms with Crippen LogP contribution in [0, 0.1) is 0 Å². The van der Waals surface area contributed by atoms with Crippen molar-refractivity contribution >= 4 is 50.0 Å². The third-order valence-electron chi connectivity index (χ3n) is 3.32. The average molecular weight is 374 g/mol. The van der Waals surface area contributed by atoms with E-state index >= 15 is 0 Å². The van der Waals surface area contributed by atoms with Gasteiger partial charge in [0, 0.05) is 16.4 Å². The third kappa shape index (κ3) is 2.19. The average Bonchev–Trinajstić information content (AvgIpc) is 3.08. The van der Waals surface area contributed by atoms with E-state index < -0.39 is 0 Å². The van der Waals surface area contributed by atoms with Crippen molar-refractivity contribution in [2.75, 3.05) is 0 Å². The van der Waals surface area contributed by atoms with Gasteiger partial charge in [-0.25, -0.2) is 4.98 Å². The van der Waals surface area contributed by atoms with E-state index in [1.807, 2.05) is 11.7 Å². The number of hydrogen-bond acceptors (Lipinski definition) is 3. The summed E-state index contributed by atoms with van der Waals surface area (Å²) < 4.78 is 5.19. The molecule has 3 aromatic heterocycles. The van der Waals surface area contributed by atoms with Crippen LogP contribution in [-0.2, 0) is 25.9 Å². The molecule has 106 valence electrons. The van der Waals surface area contributed by atoms with E-state index in [4.69, 9.17) is 11.6 Å². The van der Waals surface area contributed by atoms with E-state index in [0.717, 1.165) is 40.1 Å². The number of alkyl halides is 1. The number of imidazole rings is 1. The Labute approximate surface area is 134 Å². The van der Waals surface area contributed by atoms with Gasteiger partial charge in [-0.05, 0) is 33.8 Å². The zero-order valence-electron chi connectivity index (χ0n) is 11.2. The molecule has 0 fully saturated rings. The van der Waals surface area contributed by atoms with Gasteiger partial charge in [0.25, 0.3) is 0 Å². The number of thiophene rings is 1. The van der Waals surface area contributed by atoms with Crippen molar-refractivity contribution < 1.29 is 0 Å². The first-order chi connectivity index (χ1) is 9.65. The predicted octanol–water partition coefficient (Wildman–Crippen LogP) is 3.94. The Morgan fingerprint density at radius 1 is 1.45 bits per heavy atom. The molecule has 3 aromatic rings. The second-order valence-electron chi connectivity index (χ2n) is 4.54. The standard InChI is InChI=1S/C13H14BrClN4S/c1-3-9-12-13(18(2)17-9)19(11(6-15)16-12)7-10-8(14)4-5-20-10/h4-5H,3,6-7H2,1-2H3. The highest BCUT2D eigenvalue weighted by Crippen LogP contribution is 2.27. The van der Waals surface area contributed by atoms with Crippen LogP contribution >= 0.6 is 38.9 Å². The molecule has 0 N–H and O–H groups in total. The molecule has 0 aliphatic rings. The fourth-order valence-corrected chi connectivity index (χ4v) is 4.04. The van der Waals surface area contributed by atoms with E-state index in [1.165, 1.54) is 4.88 Å². The van der Waals surface area contributed by atoms with Gasteiger partial charge in [-0.15, -0.1) is 22.9 Å². The molecule has 0 aliphatic heterocycles. The quantitative estimate of drug-likeness (QED) is 0.649. The van der Waals surface area contributed by atoms with E-state index in [-0.39, 0.29) is 0 Å². The van der Waals surface area contributed by atoms with E-state index in [9.17, 15) is 0 Å². The predicted molar refractivity (Wildman–Crippen MR) is 86.6 cm³/mol. The summed E-state index contributed by atoms with van der Waals surface area (Å²) in [7, 11) is 1.96. The van der Waals surface area contributed by atoms with Crippen molar-refractivity contribution in [3.05, 3.63) is 32.3 Å².